The highest BCUT2D eigenvalue weighted by molar-refractivity contribution is 5.18. The predicted octanol–water partition coefficient (Wildman–Crippen LogP) is 2.00. The fourth-order valence-corrected chi connectivity index (χ4v) is 2.85. The molecule has 1 aromatic rings. The zero-order valence-corrected chi connectivity index (χ0v) is 10.5. The molecule has 0 saturated carbocycles. The van der Waals surface area contributed by atoms with Gasteiger partial charge < -0.3 is 18.9 Å². The van der Waals surface area contributed by atoms with Crippen molar-refractivity contribution in [3.63, 3.8) is 0 Å². The van der Waals surface area contributed by atoms with E-state index in [1.807, 2.05) is 24.5 Å². The first-order valence-electron chi connectivity index (χ1n) is 6.67. The fourth-order valence-electron chi connectivity index (χ4n) is 2.85. The molecule has 4 rings (SSSR count). The van der Waals surface area contributed by atoms with E-state index >= 15 is 0 Å². The average molecular weight is 260 g/mol. The maximum atomic E-state index is 6.06. The molecule has 3 aliphatic heterocycles. The van der Waals surface area contributed by atoms with E-state index in [0.717, 1.165) is 6.42 Å². The Hall–Kier alpha value is -1.36. The van der Waals surface area contributed by atoms with Crippen LogP contribution in [0, 0.1) is 0 Å². The van der Waals surface area contributed by atoms with Crippen molar-refractivity contribution in [3.8, 4) is 0 Å². The van der Waals surface area contributed by atoms with E-state index in [-0.39, 0.29) is 24.6 Å². The standard InChI is InChI=1S/C15H16O4/c1-2-4-10(5-3-1)7-17-14-11-6-12(16-8-11)15-18-9-13(14)19-15/h1-5,8,12-15H,6-7,9H2/t12?,13?,14-,15+/m0/s1. The summed E-state index contributed by atoms with van der Waals surface area (Å²) < 4.78 is 23.1. The third kappa shape index (κ3) is 2.06. The van der Waals surface area contributed by atoms with Gasteiger partial charge in [0.25, 0.3) is 0 Å². The van der Waals surface area contributed by atoms with E-state index in [2.05, 4.69) is 12.1 Å². The lowest BCUT2D eigenvalue weighted by Crippen LogP contribution is -2.32. The summed E-state index contributed by atoms with van der Waals surface area (Å²) in [6.07, 6.45) is 2.39. The summed E-state index contributed by atoms with van der Waals surface area (Å²) in [5.41, 5.74) is 2.36. The van der Waals surface area contributed by atoms with Gasteiger partial charge in [-0.15, -0.1) is 0 Å². The van der Waals surface area contributed by atoms with Crippen molar-refractivity contribution in [2.75, 3.05) is 6.61 Å². The monoisotopic (exact) mass is 260 g/mol. The molecule has 3 heterocycles. The Bertz CT molecular complexity index is 484. The summed E-state index contributed by atoms with van der Waals surface area (Å²) in [4.78, 5) is 0. The zero-order valence-electron chi connectivity index (χ0n) is 10.5. The molecule has 0 N–H and O–H groups in total. The number of fused-ring (bicyclic) bond motifs is 5. The van der Waals surface area contributed by atoms with Crippen LogP contribution in [0.2, 0.25) is 0 Å². The van der Waals surface area contributed by atoms with Gasteiger partial charge in [0.2, 0.25) is 0 Å². The molecule has 2 saturated heterocycles. The molecule has 0 amide bonds. The molecular formula is C15H16O4. The van der Waals surface area contributed by atoms with Crippen LogP contribution in [0.15, 0.2) is 42.2 Å². The first kappa shape index (κ1) is 11.5. The van der Waals surface area contributed by atoms with Gasteiger partial charge >= 0.3 is 0 Å². The number of hydrogen-bond acceptors (Lipinski definition) is 4. The third-order valence-electron chi connectivity index (χ3n) is 3.84. The van der Waals surface area contributed by atoms with Gasteiger partial charge in [-0.2, -0.15) is 0 Å². The summed E-state index contributed by atoms with van der Waals surface area (Å²) >= 11 is 0. The van der Waals surface area contributed by atoms with Gasteiger partial charge in [-0.25, -0.2) is 0 Å². The summed E-state index contributed by atoms with van der Waals surface area (Å²) in [6, 6.07) is 10.2. The van der Waals surface area contributed by atoms with Crippen LogP contribution in [0.1, 0.15) is 12.0 Å². The van der Waals surface area contributed by atoms with Crippen LogP contribution >= 0.6 is 0 Å². The van der Waals surface area contributed by atoms with Crippen LogP contribution in [0.5, 0.6) is 0 Å². The molecule has 4 atom stereocenters. The highest BCUT2D eigenvalue weighted by Crippen LogP contribution is 2.37. The van der Waals surface area contributed by atoms with E-state index in [9.17, 15) is 0 Å². The first-order valence-corrected chi connectivity index (χ1v) is 6.67. The number of rotatable bonds is 3. The summed E-state index contributed by atoms with van der Waals surface area (Å²) in [5.74, 6) is 0. The van der Waals surface area contributed by atoms with Gasteiger partial charge in [0.15, 0.2) is 12.4 Å². The van der Waals surface area contributed by atoms with Crippen LogP contribution in [0.3, 0.4) is 0 Å². The van der Waals surface area contributed by atoms with Gasteiger partial charge in [-0.1, -0.05) is 30.3 Å². The largest absolute Gasteiger partial charge is 0.492 e. The maximum Gasteiger partial charge on any atom is 0.195 e. The van der Waals surface area contributed by atoms with Crippen molar-refractivity contribution in [2.45, 2.75) is 37.6 Å². The van der Waals surface area contributed by atoms with E-state index in [4.69, 9.17) is 18.9 Å². The second kappa shape index (κ2) is 4.63. The fraction of sp³-hybridized carbons (Fsp3) is 0.467. The van der Waals surface area contributed by atoms with Crippen LogP contribution < -0.4 is 0 Å². The van der Waals surface area contributed by atoms with Crippen LogP contribution in [-0.4, -0.2) is 31.2 Å². The van der Waals surface area contributed by atoms with E-state index in [1.165, 1.54) is 11.1 Å². The zero-order chi connectivity index (χ0) is 12.7. The highest BCUT2D eigenvalue weighted by atomic mass is 16.7. The maximum absolute atomic E-state index is 6.06. The molecule has 0 aromatic heterocycles. The van der Waals surface area contributed by atoms with Crippen LogP contribution in [0.4, 0.5) is 0 Å². The van der Waals surface area contributed by atoms with E-state index in [1.54, 1.807) is 0 Å². The van der Waals surface area contributed by atoms with Gasteiger partial charge in [-0.05, 0) is 11.1 Å². The van der Waals surface area contributed by atoms with Crippen molar-refractivity contribution >= 4 is 0 Å². The molecule has 19 heavy (non-hydrogen) atoms. The second-order valence-electron chi connectivity index (χ2n) is 5.16. The summed E-state index contributed by atoms with van der Waals surface area (Å²) in [5, 5.41) is 0. The number of ether oxygens (including phenoxy) is 4. The molecule has 4 heteroatoms. The topological polar surface area (TPSA) is 36.9 Å². The first-order chi connectivity index (χ1) is 9.40. The van der Waals surface area contributed by atoms with Crippen LogP contribution in [-0.2, 0) is 25.6 Å². The summed E-state index contributed by atoms with van der Waals surface area (Å²) in [7, 11) is 0. The predicted molar refractivity (Wildman–Crippen MR) is 67.2 cm³/mol. The Morgan fingerprint density at radius 3 is 2.95 bits per heavy atom. The molecule has 4 bridgehead atoms. The number of benzene rings is 1. The normalized spacial score (nSPS) is 35.7. The van der Waals surface area contributed by atoms with Crippen molar-refractivity contribution in [1.82, 2.24) is 0 Å². The van der Waals surface area contributed by atoms with Gasteiger partial charge in [0.05, 0.1) is 19.5 Å². The molecule has 0 aliphatic carbocycles. The van der Waals surface area contributed by atoms with E-state index < -0.39 is 0 Å². The molecule has 2 unspecified atom stereocenters. The Morgan fingerprint density at radius 1 is 1.16 bits per heavy atom. The minimum Gasteiger partial charge on any atom is -0.492 e. The van der Waals surface area contributed by atoms with Gasteiger partial charge in [-0.3, -0.25) is 0 Å². The number of hydrogen-bond donors (Lipinski definition) is 0. The molecule has 4 nitrogen and oxygen atoms in total. The minimum absolute atomic E-state index is 0.00493. The molecule has 100 valence electrons. The Balaban J connectivity index is 1.50. The SMILES string of the molecule is C1=C2CC(O1)[C@@H]1OCC(O1)[C@H]2OCc1ccccc1. The molecule has 2 fully saturated rings. The molecular weight excluding hydrogens is 244 g/mol. The smallest absolute Gasteiger partial charge is 0.195 e. The third-order valence-corrected chi connectivity index (χ3v) is 3.84. The molecule has 0 radical (unpaired) electrons. The molecule has 3 aliphatic rings. The summed E-state index contributed by atoms with van der Waals surface area (Å²) in [6.45, 7) is 1.17. The minimum atomic E-state index is -0.232. The highest BCUT2D eigenvalue weighted by Gasteiger charge is 2.46. The molecule has 1 aromatic carbocycles. The van der Waals surface area contributed by atoms with Crippen molar-refractivity contribution < 1.29 is 18.9 Å². The van der Waals surface area contributed by atoms with Crippen molar-refractivity contribution in [3.05, 3.63) is 47.7 Å². The van der Waals surface area contributed by atoms with Crippen molar-refractivity contribution in [1.29, 1.82) is 0 Å². The Labute approximate surface area is 111 Å². The molecule has 0 spiro atoms. The van der Waals surface area contributed by atoms with Gasteiger partial charge in [0.1, 0.15) is 12.2 Å². The average Bonchev–Trinajstić information content (AvgIpc) is 3.05. The van der Waals surface area contributed by atoms with E-state index in [0.29, 0.717) is 13.2 Å². The van der Waals surface area contributed by atoms with Gasteiger partial charge in [0, 0.05) is 6.42 Å². The quantitative estimate of drug-likeness (QED) is 0.833. The lowest BCUT2D eigenvalue weighted by atomic mass is 10.0. The van der Waals surface area contributed by atoms with Crippen LogP contribution in [0.25, 0.3) is 0 Å². The Kier molecular flexibility index (Phi) is 2.80. The lowest BCUT2D eigenvalue weighted by molar-refractivity contribution is -0.134. The second-order valence-corrected chi connectivity index (χ2v) is 5.16. The Morgan fingerprint density at radius 2 is 2.05 bits per heavy atom. The van der Waals surface area contributed by atoms with Crippen molar-refractivity contribution in [2.24, 2.45) is 0 Å². The lowest BCUT2D eigenvalue weighted by Gasteiger charge is -2.22.